The highest BCUT2D eigenvalue weighted by Crippen LogP contribution is 2.28. The first-order valence-electron chi connectivity index (χ1n) is 6.71. The first-order chi connectivity index (χ1) is 10.1. The van der Waals surface area contributed by atoms with Crippen LogP contribution in [0, 0.1) is 11.6 Å². The van der Waals surface area contributed by atoms with Gasteiger partial charge in [0, 0.05) is 19.2 Å². The molecule has 5 nitrogen and oxygen atoms in total. The molecule has 2 heterocycles. The predicted molar refractivity (Wildman–Crippen MR) is 69.6 cm³/mol. The van der Waals surface area contributed by atoms with Crippen molar-refractivity contribution in [1.29, 1.82) is 0 Å². The number of carbonyl (C=O) groups excluding carboxylic acids is 2. The van der Waals surface area contributed by atoms with Crippen molar-refractivity contribution in [1.82, 2.24) is 4.90 Å². The summed E-state index contributed by atoms with van der Waals surface area (Å²) in [5, 5.41) is 0. The number of imide groups is 1. The van der Waals surface area contributed by atoms with E-state index in [4.69, 9.17) is 4.74 Å². The van der Waals surface area contributed by atoms with Gasteiger partial charge in [-0.05, 0) is 12.1 Å². The molecule has 0 radical (unpaired) electrons. The summed E-state index contributed by atoms with van der Waals surface area (Å²) >= 11 is 0. The van der Waals surface area contributed by atoms with Crippen molar-refractivity contribution in [3.63, 3.8) is 0 Å². The fraction of sp³-hybridized carbons (Fsp3) is 0.429. The number of hydrogen-bond acceptors (Lipinski definition) is 4. The summed E-state index contributed by atoms with van der Waals surface area (Å²) in [6, 6.07) is 2.21. The summed E-state index contributed by atoms with van der Waals surface area (Å²) in [6.45, 7) is 2.12. The third-order valence-electron chi connectivity index (χ3n) is 3.76. The first kappa shape index (κ1) is 14.1. The molecule has 0 saturated carbocycles. The van der Waals surface area contributed by atoms with E-state index in [9.17, 15) is 18.4 Å². The quantitative estimate of drug-likeness (QED) is 0.762. The Hall–Kier alpha value is -1.86. The molecule has 2 aliphatic heterocycles. The molecule has 2 fully saturated rings. The molecule has 21 heavy (non-hydrogen) atoms. The van der Waals surface area contributed by atoms with Gasteiger partial charge in [0.1, 0.15) is 11.6 Å². The highest BCUT2D eigenvalue weighted by molar-refractivity contribution is 6.22. The maximum Gasteiger partial charge on any atom is 0.251 e. The molecule has 3 rings (SSSR count). The Morgan fingerprint density at radius 2 is 1.86 bits per heavy atom. The second-order valence-electron chi connectivity index (χ2n) is 5.03. The van der Waals surface area contributed by atoms with Crippen LogP contribution in [-0.2, 0) is 14.3 Å². The summed E-state index contributed by atoms with van der Waals surface area (Å²) in [7, 11) is 0. The highest BCUT2D eigenvalue weighted by atomic mass is 19.1. The third kappa shape index (κ3) is 2.54. The molecule has 0 spiro atoms. The third-order valence-corrected chi connectivity index (χ3v) is 3.76. The largest absolute Gasteiger partial charge is 0.379 e. The smallest absolute Gasteiger partial charge is 0.251 e. The number of amides is 2. The van der Waals surface area contributed by atoms with Gasteiger partial charge in [0.15, 0.2) is 0 Å². The van der Waals surface area contributed by atoms with Crippen LogP contribution in [0.25, 0.3) is 0 Å². The summed E-state index contributed by atoms with van der Waals surface area (Å²) in [5.74, 6) is -2.60. The van der Waals surface area contributed by atoms with Crippen molar-refractivity contribution in [3.8, 4) is 0 Å². The molecular weight excluding hydrogens is 282 g/mol. The number of benzene rings is 1. The van der Waals surface area contributed by atoms with Gasteiger partial charge in [-0.1, -0.05) is 0 Å². The minimum Gasteiger partial charge on any atom is -0.379 e. The molecular formula is C14H14F2N2O3. The summed E-state index contributed by atoms with van der Waals surface area (Å²) in [4.78, 5) is 27.2. The van der Waals surface area contributed by atoms with E-state index in [0.717, 1.165) is 17.0 Å². The molecule has 1 aromatic carbocycles. The van der Waals surface area contributed by atoms with Crippen molar-refractivity contribution in [3.05, 3.63) is 29.8 Å². The first-order valence-corrected chi connectivity index (χ1v) is 6.71. The van der Waals surface area contributed by atoms with E-state index >= 15 is 0 Å². The van der Waals surface area contributed by atoms with Crippen molar-refractivity contribution in [2.45, 2.75) is 12.5 Å². The Kier molecular flexibility index (Phi) is 3.69. The molecule has 0 N–H and O–H groups in total. The molecule has 112 valence electrons. The molecule has 2 aliphatic rings. The van der Waals surface area contributed by atoms with Gasteiger partial charge in [-0.2, -0.15) is 0 Å². The number of anilines is 1. The topological polar surface area (TPSA) is 49.9 Å². The average Bonchev–Trinajstić information content (AvgIpc) is 2.76. The van der Waals surface area contributed by atoms with Crippen molar-refractivity contribution in [2.75, 3.05) is 31.2 Å². The lowest BCUT2D eigenvalue weighted by atomic mass is 10.2. The second-order valence-corrected chi connectivity index (χ2v) is 5.03. The molecule has 7 heteroatoms. The molecule has 1 atom stereocenters. The lowest BCUT2D eigenvalue weighted by Crippen LogP contribution is -2.47. The lowest BCUT2D eigenvalue weighted by Gasteiger charge is -2.30. The van der Waals surface area contributed by atoms with E-state index in [0.29, 0.717) is 32.4 Å². The van der Waals surface area contributed by atoms with Gasteiger partial charge >= 0.3 is 0 Å². The lowest BCUT2D eigenvalue weighted by molar-refractivity contribution is -0.123. The zero-order valence-electron chi connectivity index (χ0n) is 11.2. The summed E-state index contributed by atoms with van der Waals surface area (Å²) in [5.41, 5.74) is -0.192. The van der Waals surface area contributed by atoms with E-state index < -0.39 is 29.5 Å². The second kappa shape index (κ2) is 5.50. The normalized spacial score (nSPS) is 23.9. The van der Waals surface area contributed by atoms with Gasteiger partial charge in [-0.3, -0.25) is 14.5 Å². The van der Waals surface area contributed by atoms with E-state index in [1.165, 1.54) is 0 Å². The minimum absolute atomic E-state index is 0.00957. The van der Waals surface area contributed by atoms with E-state index in [1.54, 1.807) is 0 Å². The van der Waals surface area contributed by atoms with Gasteiger partial charge in [0.05, 0.1) is 31.4 Å². The van der Waals surface area contributed by atoms with Crippen LogP contribution in [0.15, 0.2) is 18.2 Å². The van der Waals surface area contributed by atoms with Crippen LogP contribution >= 0.6 is 0 Å². The van der Waals surface area contributed by atoms with E-state index in [2.05, 4.69) is 0 Å². The number of halogens is 2. The van der Waals surface area contributed by atoms with Gasteiger partial charge in [0.2, 0.25) is 5.91 Å². The molecule has 0 aromatic heterocycles. The molecule has 0 bridgehead atoms. The monoisotopic (exact) mass is 296 g/mol. The fourth-order valence-corrected chi connectivity index (χ4v) is 2.71. The Balaban J connectivity index is 1.86. The van der Waals surface area contributed by atoms with Crippen LogP contribution in [0.1, 0.15) is 6.42 Å². The number of hydrogen-bond donors (Lipinski definition) is 0. The van der Waals surface area contributed by atoms with Crippen molar-refractivity contribution < 1.29 is 23.1 Å². The van der Waals surface area contributed by atoms with Gasteiger partial charge in [-0.15, -0.1) is 0 Å². The zero-order chi connectivity index (χ0) is 15.0. The fourth-order valence-electron chi connectivity index (χ4n) is 2.71. The number of ether oxygens (including phenoxy) is 1. The number of nitrogens with zero attached hydrogens (tertiary/aromatic N) is 2. The Bertz CT molecular complexity index is 588. The molecule has 0 unspecified atom stereocenters. The molecule has 2 amide bonds. The highest BCUT2D eigenvalue weighted by Gasteiger charge is 2.43. The average molecular weight is 296 g/mol. The Morgan fingerprint density at radius 3 is 2.52 bits per heavy atom. The van der Waals surface area contributed by atoms with Crippen LogP contribution in [0.5, 0.6) is 0 Å². The number of morpholine rings is 1. The van der Waals surface area contributed by atoms with Crippen LogP contribution < -0.4 is 4.90 Å². The maximum atomic E-state index is 13.8. The van der Waals surface area contributed by atoms with Crippen LogP contribution in [0.3, 0.4) is 0 Å². The zero-order valence-corrected chi connectivity index (χ0v) is 11.2. The number of rotatable bonds is 2. The van der Waals surface area contributed by atoms with Crippen molar-refractivity contribution >= 4 is 17.5 Å². The predicted octanol–water partition coefficient (Wildman–Crippen LogP) is 0.929. The number of carbonyl (C=O) groups is 2. The SMILES string of the molecule is O=C1C[C@H](N2CCOCC2)C(=O)N1c1ccc(F)cc1F. The Labute approximate surface area is 120 Å². The summed E-state index contributed by atoms with van der Waals surface area (Å²) in [6.07, 6.45) is 0.00957. The molecule has 0 aliphatic carbocycles. The molecule has 1 aromatic rings. The van der Waals surface area contributed by atoms with Crippen LogP contribution in [0.2, 0.25) is 0 Å². The van der Waals surface area contributed by atoms with Gasteiger partial charge in [-0.25, -0.2) is 13.7 Å². The van der Waals surface area contributed by atoms with E-state index in [1.807, 2.05) is 4.90 Å². The van der Waals surface area contributed by atoms with Gasteiger partial charge < -0.3 is 4.74 Å². The van der Waals surface area contributed by atoms with Crippen molar-refractivity contribution in [2.24, 2.45) is 0 Å². The van der Waals surface area contributed by atoms with Crippen LogP contribution in [-0.4, -0.2) is 49.1 Å². The maximum absolute atomic E-state index is 13.8. The minimum atomic E-state index is -0.917. The Morgan fingerprint density at radius 1 is 1.14 bits per heavy atom. The van der Waals surface area contributed by atoms with Crippen LogP contribution in [0.4, 0.5) is 14.5 Å². The van der Waals surface area contributed by atoms with Gasteiger partial charge in [0.25, 0.3) is 5.91 Å². The standard InChI is InChI=1S/C14H14F2N2O3/c15-9-1-2-11(10(16)7-9)18-13(19)8-12(14(18)20)17-3-5-21-6-4-17/h1-2,7,12H,3-6,8H2/t12-/m0/s1. The molecule has 2 saturated heterocycles. The summed E-state index contributed by atoms with van der Waals surface area (Å²) < 4.78 is 32.0. The van der Waals surface area contributed by atoms with E-state index in [-0.39, 0.29) is 12.1 Å².